The molecule has 0 amide bonds. The predicted octanol–water partition coefficient (Wildman–Crippen LogP) is 1.81. The molecule has 1 saturated heterocycles. The van der Waals surface area contributed by atoms with E-state index >= 15 is 0 Å². The van der Waals surface area contributed by atoms with Crippen molar-refractivity contribution < 1.29 is 4.92 Å². The highest BCUT2D eigenvalue weighted by atomic mass is 16.6. The molecule has 0 bridgehead atoms. The second kappa shape index (κ2) is 4.12. The van der Waals surface area contributed by atoms with Crippen LogP contribution in [0, 0.1) is 22.0 Å². The third kappa shape index (κ3) is 1.77. The normalized spacial score (nSPS) is 26.3. The number of pyridine rings is 1. The summed E-state index contributed by atoms with van der Waals surface area (Å²) < 4.78 is 0. The van der Waals surface area contributed by atoms with Gasteiger partial charge in [-0.3, -0.25) is 10.1 Å². The number of nitrogens with two attached hydrogens (primary N) is 1. The van der Waals surface area contributed by atoms with Gasteiger partial charge < -0.3 is 10.6 Å². The summed E-state index contributed by atoms with van der Waals surface area (Å²) in [6.45, 7) is 2.02. The molecule has 3 rings (SSSR count). The third-order valence-electron chi connectivity index (χ3n) is 4.13. The van der Waals surface area contributed by atoms with Crippen molar-refractivity contribution in [2.24, 2.45) is 11.8 Å². The van der Waals surface area contributed by atoms with Crippen LogP contribution in [-0.2, 0) is 0 Å². The van der Waals surface area contributed by atoms with Crippen LogP contribution < -0.4 is 10.6 Å². The highest BCUT2D eigenvalue weighted by Crippen LogP contribution is 2.39. The lowest BCUT2D eigenvalue weighted by molar-refractivity contribution is -0.384. The Morgan fingerprint density at radius 1 is 1.33 bits per heavy atom. The molecule has 1 saturated carbocycles. The van der Waals surface area contributed by atoms with Crippen LogP contribution >= 0.6 is 0 Å². The Balaban J connectivity index is 1.81. The average Bonchev–Trinajstić information content (AvgIpc) is 2.87. The van der Waals surface area contributed by atoms with Gasteiger partial charge in [-0.25, -0.2) is 4.98 Å². The number of nitrogens with zero attached hydrogens (tertiary/aromatic N) is 3. The molecule has 0 aromatic carbocycles. The number of rotatable bonds is 2. The summed E-state index contributed by atoms with van der Waals surface area (Å²) in [7, 11) is 0. The number of nitro groups is 1. The molecule has 1 aromatic rings. The quantitative estimate of drug-likeness (QED) is 0.637. The van der Waals surface area contributed by atoms with Crippen LogP contribution in [0.1, 0.15) is 19.3 Å². The lowest BCUT2D eigenvalue weighted by Gasteiger charge is -2.18. The van der Waals surface area contributed by atoms with E-state index in [9.17, 15) is 10.1 Å². The molecule has 2 heterocycles. The van der Waals surface area contributed by atoms with E-state index < -0.39 is 4.92 Å². The van der Waals surface area contributed by atoms with Crippen molar-refractivity contribution in [2.75, 3.05) is 23.7 Å². The van der Waals surface area contributed by atoms with E-state index in [-0.39, 0.29) is 11.5 Å². The van der Waals surface area contributed by atoms with Gasteiger partial charge in [0.2, 0.25) is 5.82 Å². The molecule has 1 aliphatic heterocycles. The number of hydrogen-bond donors (Lipinski definition) is 1. The highest BCUT2D eigenvalue weighted by molar-refractivity contribution is 5.58. The van der Waals surface area contributed by atoms with E-state index in [4.69, 9.17) is 5.73 Å². The fraction of sp³-hybridized carbons (Fsp3) is 0.583. The monoisotopic (exact) mass is 248 g/mol. The number of nitrogen functional groups attached to an aromatic ring is 1. The summed E-state index contributed by atoms with van der Waals surface area (Å²) in [5, 5.41) is 10.7. The summed E-state index contributed by atoms with van der Waals surface area (Å²) >= 11 is 0. The zero-order valence-corrected chi connectivity index (χ0v) is 10.1. The van der Waals surface area contributed by atoms with Crippen molar-refractivity contribution in [3.63, 3.8) is 0 Å². The number of aromatic nitrogens is 1. The number of hydrogen-bond acceptors (Lipinski definition) is 5. The summed E-state index contributed by atoms with van der Waals surface area (Å²) in [4.78, 5) is 16.6. The van der Waals surface area contributed by atoms with Gasteiger partial charge in [0.15, 0.2) is 0 Å². The van der Waals surface area contributed by atoms with Gasteiger partial charge in [-0.15, -0.1) is 0 Å². The first-order valence-electron chi connectivity index (χ1n) is 6.31. The molecular formula is C12H16N4O2. The Kier molecular flexibility index (Phi) is 2.57. The maximum atomic E-state index is 10.7. The molecule has 2 atom stereocenters. The fourth-order valence-corrected chi connectivity index (χ4v) is 3.21. The lowest BCUT2D eigenvalue weighted by atomic mass is 10.0. The smallest absolute Gasteiger partial charge is 0.311 e. The fourth-order valence-electron chi connectivity index (χ4n) is 3.21. The zero-order chi connectivity index (χ0) is 12.7. The number of fused-ring (bicyclic) bond motifs is 1. The molecule has 2 unspecified atom stereocenters. The van der Waals surface area contributed by atoms with Crippen LogP contribution in [0.25, 0.3) is 0 Å². The molecule has 96 valence electrons. The molecule has 0 radical (unpaired) electrons. The molecular weight excluding hydrogens is 232 g/mol. The van der Waals surface area contributed by atoms with Crippen molar-refractivity contribution >= 4 is 17.3 Å². The van der Waals surface area contributed by atoms with Crippen LogP contribution in [0.2, 0.25) is 0 Å². The minimum atomic E-state index is -0.495. The second-order valence-corrected chi connectivity index (χ2v) is 5.19. The standard InChI is InChI=1S/C12H16N4O2/c13-12-10(16(17)18)4-5-11(14-12)15-6-8-2-1-3-9(8)7-15/h4-5,8-9H,1-3,6-7H2,(H2,13,14). The maximum Gasteiger partial charge on any atom is 0.311 e. The van der Waals surface area contributed by atoms with E-state index in [1.807, 2.05) is 0 Å². The minimum Gasteiger partial charge on any atom is -0.378 e. The maximum absolute atomic E-state index is 10.7. The molecule has 6 nitrogen and oxygen atoms in total. The van der Waals surface area contributed by atoms with Gasteiger partial charge in [0.05, 0.1) is 4.92 Å². The summed E-state index contributed by atoms with van der Waals surface area (Å²) in [6.07, 6.45) is 3.92. The Labute approximate surface area is 105 Å². The van der Waals surface area contributed by atoms with Gasteiger partial charge >= 0.3 is 5.69 Å². The van der Waals surface area contributed by atoms with Gasteiger partial charge in [0.25, 0.3) is 0 Å². The van der Waals surface area contributed by atoms with Gasteiger partial charge in [-0.05, 0) is 30.7 Å². The van der Waals surface area contributed by atoms with E-state index in [1.54, 1.807) is 6.07 Å². The zero-order valence-electron chi connectivity index (χ0n) is 10.1. The molecule has 2 N–H and O–H groups in total. The first-order chi connectivity index (χ1) is 8.65. The Bertz CT molecular complexity index is 479. The second-order valence-electron chi connectivity index (χ2n) is 5.19. The van der Waals surface area contributed by atoms with Crippen molar-refractivity contribution in [1.29, 1.82) is 0 Å². The molecule has 2 aliphatic rings. The molecule has 2 fully saturated rings. The molecule has 1 aliphatic carbocycles. The van der Waals surface area contributed by atoms with Crippen LogP contribution in [0.15, 0.2) is 12.1 Å². The predicted molar refractivity (Wildman–Crippen MR) is 68.3 cm³/mol. The minimum absolute atomic E-state index is 0.00885. The Morgan fingerprint density at radius 3 is 2.56 bits per heavy atom. The third-order valence-corrected chi connectivity index (χ3v) is 4.13. The number of anilines is 2. The van der Waals surface area contributed by atoms with E-state index in [2.05, 4.69) is 9.88 Å². The molecule has 6 heteroatoms. The lowest BCUT2D eigenvalue weighted by Crippen LogP contribution is -2.22. The van der Waals surface area contributed by atoms with Gasteiger partial charge in [-0.2, -0.15) is 0 Å². The molecule has 18 heavy (non-hydrogen) atoms. The Hall–Kier alpha value is -1.85. The van der Waals surface area contributed by atoms with Gasteiger partial charge in [0.1, 0.15) is 5.82 Å². The van der Waals surface area contributed by atoms with Gasteiger partial charge in [0, 0.05) is 19.2 Å². The van der Waals surface area contributed by atoms with E-state index in [0.717, 1.165) is 30.7 Å². The average molecular weight is 248 g/mol. The van der Waals surface area contributed by atoms with Crippen molar-refractivity contribution in [3.8, 4) is 0 Å². The summed E-state index contributed by atoms with van der Waals surface area (Å²) in [6, 6.07) is 3.15. The summed E-state index contributed by atoms with van der Waals surface area (Å²) in [5.41, 5.74) is 5.51. The van der Waals surface area contributed by atoms with E-state index in [1.165, 1.54) is 25.3 Å². The van der Waals surface area contributed by atoms with Crippen molar-refractivity contribution in [1.82, 2.24) is 4.98 Å². The van der Waals surface area contributed by atoms with Crippen LogP contribution in [0.5, 0.6) is 0 Å². The topological polar surface area (TPSA) is 85.3 Å². The largest absolute Gasteiger partial charge is 0.378 e. The molecule has 0 spiro atoms. The van der Waals surface area contributed by atoms with Crippen LogP contribution in [-0.4, -0.2) is 23.0 Å². The highest BCUT2D eigenvalue weighted by Gasteiger charge is 2.36. The summed E-state index contributed by atoms with van der Waals surface area (Å²) in [5.74, 6) is 2.31. The Morgan fingerprint density at radius 2 is 2.00 bits per heavy atom. The van der Waals surface area contributed by atoms with Crippen molar-refractivity contribution in [3.05, 3.63) is 22.2 Å². The first kappa shape index (κ1) is 11.3. The van der Waals surface area contributed by atoms with Crippen molar-refractivity contribution in [2.45, 2.75) is 19.3 Å². The molecule has 1 aromatic heterocycles. The van der Waals surface area contributed by atoms with Crippen LogP contribution in [0.4, 0.5) is 17.3 Å². The SMILES string of the molecule is Nc1nc(N2CC3CCCC3C2)ccc1[N+](=O)[O-]. The van der Waals surface area contributed by atoms with Crippen LogP contribution in [0.3, 0.4) is 0 Å². The van der Waals surface area contributed by atoms with Gasteiger partial charge in [-0.1, -0.05) is 6.42 Å². The van der Waals surface area contributed by atoms with E-state index in [0.29, 0.717) is 0 Å². The first-order valence-corrected chi connectivity index (χ1v) is 6.31.